The van der Waals surface area contributed by atoms with Gasteiger partial charge in [-0.25, -0.2) is 0 Å². The van der Waals surface area contributed by atoms with Gasteiger partial charge in [0.05, 0.1) is 25.2 Å². The third-order valence-corrected chi connectivity index (χ3v) is 11.3. The van der Waals surface area contributed by atoms with Gasteiger partial charge in [0.15, 0.2) is 0 Å². The molecule has 0 radical (unpaired) electrons. The summed E-state index contributed by atoms with van der Waals surface area (Å²) in [7, 11) is 0. The Morgan fingerprint density at radius 1 is 0.509 bits per heavy atom. The summed E-state index contributed by atoms with van der Waals surface area (Å²) in [5, 5.41) is 23.7. The van der Waals surface area contributed by atoms with Crippen LogP contribution in [0.25, 0.3) is 0 Å². The van der Waals surface area contributed by atoms with Crippen molar-refractivity contribution in [3.05, 3.63) is 12.2 Å². The average molecular weight is 778 g/mol. The molecule has 0 rings (SSSR count). The van der Waals surface area contributed by atoms with Crippen LogP contribution in [0.2, 0.25) is 0 Å². The fourth-order valence-electron chi connectivity index (χ4n) is 7.60. The number of allylic oxidation sites excluding steroid dienone is 2. The summed E-state index contributed by atoms with van der Waals surface area (Å²) < 4.78 is 5.90. The van der Waals surface area contributed by atoms with Gasteiger partial charge in [-0.15, -0.1) is 0 Å². The predicted molar refractivity (Wildman–Crippen MR) is 237 cm³/mol. The van der Waals surface area contributed by atoms with Gasteiger partial charge in [0.25, 0.3) is 0 Å². The second-order valence-electron chi connectivity index (χ2n) is 16.9. The van der Waals surface area contributed by atoms with Crippen molar-refractivity contribution in [2.24, 2.45) is 0 Å². The van der Waals surface area contributed by atoms with E-state index in [4.69, 9.17) is 4.74 Å². The Morgan fingerprint density at radius 3 is 1.33 bits per heavy atom. The standard InChI is InChI=1S/C49H95NO5/c1-4-7-10-13-16-19-21-23-24-25-26-29-32-35-38-41-47(52)46(44-51)50-48(53)43-45(40-37-34-31-28-18-15-12-9-6-3)55-49(54)42-39-36-33-30-27-22-20-17-14-11-8-5-2/h17,20,45-47,51-52H,4-16,18-19,21-44H2,1-3H3,(H,50,53)/b20-17-. The Hall–Kier alpha value is -1.40. The van der Waals surface area contributed by atoms with Crippen LogP contribution in [0.4, 0.5) is 0 Å². The van der Waals surface area contributed by atoms with Crippen molar-refractivity contribution in [3.63, 3.8) is 0 Å². The number of esters is 1. The third-order valence-electron chi connectivity index (χ3n) is 11.3. The van der Waals surface area contributed by atoms with E-state index in [9.17, 15) is 19.8 Å². The molecule has 0 aromatic carbocycles. The van der Waals surface area contributed by atoms with Crippen LogP contribution in [0.3, 0.4) is 0 Å². The van der Waals surface area contributed by atoms with E-state index in [1.165, 1.54) is 167 Å². The van der Waals surface area contributed by atoms with Gasteiger partial charge >= 0.3 is 5.97 Å². The topological polar surface area (TPSA) is 95.9 Å². The maximum Gasteiger partial charge on any atom is 0.306 e. The second kappa shape index (κ2) is 43.7. The van der Waals surface area contributed by atoms with Crippen molar-refractivity contribution in [2.45, 2.75) is 283 Å². The number of nitrogens with one attached hydrogen (secondary N) is 1. The highest BCUT2D eigenvalue weighted by Gasteiger charge is 2.24. The quantitative estimate of drug-likeness (QED) is 0.0325. The molecule has 0 spiro atoms. The number of rotatable bonds is 44. The molecular formula is C49H95NO5. The fraction of sp³-hybridized carbons (Fsp3) is 0.918. The zero-order valence-electron chi connectivity index (χ0n) is 37.1. The molecule has 55 heavy (non-hydrogen) atoms. The average Bonchev–Trinajstić information content (AvgIpc) is 3.18. The SMILES string of the molecule is CCCCC/C=C\CCCCCCCC(=O)OC(CCCCCCCCCCC)CC(=O)NC(CO)C(O)CCCCCCCCCCCCCCCCC. The Bertz CT molecular complexity index is 832. The molecule has 1 amide bonds. The maximum atomic E-state index is 13.1. The molecule has 0 aromatic heterocycles. The Kier molecular flexibility index (Phi) is 42.6. The molecule has 3 unspecified atom stereocenters. The molecular weight excluding hydrogens is 683 g/mol. The predicted octanol–water partition coefficient (Wildman–Crippen LogP) is 14.2. The lowest BCUT2D eigenvalue weighted by Gasteiger charge is -2.24. The summed E-state index contributed by atoms with van der Waals surface area (Å²) in [6.07, 6.45) is 47.0. The zero-order chi connectivity index (χ0) is 40.3. The summed E-state index contributed by atoms with van der Waals surface area (Å²) in [5.74, 6) is -0.474. The minimum atomic E-state index is -0.781. The lowest BCUT2D eigenvalue weighted by molar-refractivity contribution is -0.151. The smallest absolute Gasteiger partial charge is 0.306 e. The lowest BCUT2D eigenvalue weighted by atomic mass is 10.0. The number of hydrogen-bond donors (Lipinski definition) is 3. The van der Waals surface area contributed by atoms with Crippen molar-refractivity contribution in [2.75, 3.05) is 6.61 Å². The van der Waals surface area contributed by atoms with Crippen LogP contribution < -0.4 is 5.32 Å². The molecule has 6 nitrogen and oxygen atoms in total. The van der Waals surface area contributed by atoms with Gasteiger partial charge in [0.2, 0.25) is 5.91 Å². The highest BCUT2D eigenvalue weighted by atomic mass is 16.5. The molecule has 0 fully saturated rings. The van der Waals surface area contributed by atoms with Crippen LogP contribution >= 0.6 is 0 Å². The molecule has 326 valence electrons. The second-order valence-corrected chi connectivity index (χ2v) is 16.9. The molecule has 0 heterocycles. The van der Waals surface area contributed by atoms with Crippen LogP contribution in [0, 0.1) is 0 Å². The van der Waals surface area contributed by atoms with Crippen molar-refractivity contribution in [1.82, 2.24) is 5.32 Å². The Labute approximate surface area is 342 Å². The zero-order valence-corrected chi connectivity index (χ0v) is 37.1. The number of carbonyl (C=O) groups is 2. The highest BCUT2D eigenvalue weighted by molar-refractivity contribution is 5.77. The first-order valence-electron chi connectivity index (χ1n) is 24.4. The van der Waals surface area contributed by atoms with Gasteiger partial charge in [-0.3, -0.25) is 9.59 Å². The minimum absolute atomic E-state index is 0.0803. The number of aliphatic hydroxyl groups excluding tert-OH is 2. The molecule has 0 saturated heterocycles. The summed E-state index contributed by atoms with van der Waals surface area (Å²) >= 11 is 0. The minimum Gasteiger partial charge on any atom is -0.462 e. The van der Waals surface area contributed by atoms with Crippen LogP contribution in [0.1, 0.15) is 265 Å². The molecule has 6 heteroatoms. The van der Waals surface area contributed by atoms with Gasteiger partial charge in [-0.2, -0.15) is 0 Å². The van der Waals surface area contributed by atoms with Crippen LogP contribution in [0.5, 0.6) is 0 Å². The van der Waals surface area contributed by atoms with E-state index in [2.05, 4.69) is 38.2 Å². The summed E-state index contributed by atoms with van der Waals surface area (Å²) in [5.41, 5.74) is 0. The highest BCUT2D eigenvalue weighted by Crippen LogP contribution is 2.18. The number of ether oxygens (including phenoxy) is 1. The van der Waals surface area contributed by atoms with Crippen LogP contribution in [0.15, 0.2) is 12.2 Å². The third kappa shape index (κ3) is 39.2. The van der Waals surface area contributed by atoms with E-state index in [0.717, 1.165) is 51.4 Å². The normalized spacial score (nSPS) is 13.3. The number of amides is 1. The molecule has 0 aliphatic carbocycles. The molecule has 0 bridgehead atoms. The molecule has 0 saturated carbocycles. The molecule has 3 N–H and O–H groups in total. The first kappa shape index (κ1) is 53.6. The van der Waals surface area contributed by atoms with E-state index in [1.54, 1.807) is 0 Å². The largest absolute Gasteiger partial charge is 0.462 e. The number of unbranched alkanes of at least 4 members (excludes halogenated alkanes) is 30. The molecule has 0 aromatic rings. The molecule has 3 atom stereocenters. The van der Waals surface area contributed by atoms with Gasteiger partial charge in [0, 0.05) is 6.42 Å². The monoisotopic (exact) mass is 778 g/mol. The van der Waals surface area contributed by atoms with Gasteiger partial charge in [-0.1, -0.05) is 213 Å². The first-order chi connectivity index (χ1) is 27.0. The van der Waals surface area contributed by atoms with Gasteiger partial charge in [0.1, 0.15) is 6.10 Å². The van der Waals surface area contributed by atoms with Crippen molar-refractivity contribution < 1.29 is 24.5 Å². The fourth-order valence-corrected chi connectivity index (χ4v) is 7.60. The van der Waals surface area contributed by atoms with Crippen LogP contribution in [-0.2, 0) is 14.3 Å². The summed E-state index contributed by atoms with van der Waals surface area (Å²) in [6, 6.07) is -0.695. The van der Waals surface area contributed by atoms with E-state index >= 15 is 0 Å². The van der Waals surface area contributed by atoms with Gasteiger partial charge in [-0.05, 0) is 51.4 Å². The van der Waals surface area contributed by atoms with Gasteiger partial charge < -0.3 is 20.3 Å². The number of carbonyl (C=O) groups excluding carboxylic acids is 2. The Balaban J connectivity index is 4.45. The number of aliphatic hydroxyl groups is 2. The first-order valence-corrected chi connectivity index (χ1v) is 24.4. The molecule has 0 aliphatic heterocycles. The summed E-state index contributed by atoms with van der Waals surface area (Å²) in [4.78, 5) is 26.0. The van der Waals surface area contributed by atoms with E-state index in [-0.39, 0.29) is 24.9 Å². The van der Waals surface area contributed by atoms with Crippen LogP contribution in [-0.4, -0.2) is 46.9 Å². The Morgan fingerprint density at radius 2 is 0.873 bits per heavy atom. The van der Waals surface area contributed by atoms with Crippen molar-refractivity contribution in [1.29, 1.82) is 0 Å². The van der Waals surface area contributed by atoms with E-state index in [0.29, 0.717) is 19.3 Å². The number of hydrogen-bond acceptors (Lipinski definition) is 5. The van der Waals surface area contributed by atoms with E-state index < -0.39 is 18.2 Å². The lowest BCUT2D eigenvalue weighted by Crippen LogP contribution is -2.46. The van der Waals surface area contributed by atoms with E-state index in [1.807, 2.05) is 0 Å². The van der Waals surface area contributed by atoms with Crippen molar-refractivity contribution >= 4 is 11.9 Å². The molecule has 0 aliphatic rings. The maximum absolute atomic E-state index is 13.1. The van der Waals surface area contributed by atoms with Crippen molar-refractivity contribution in [3.8, 4) is 0 Å². The summed E-state index contributed by atoms with van der Waals surface area (Å²) in [6.45, 7) is 6.45.